The van der Waals surface area contributed by atoms with E-state index >= 15 is 0 Å². The third kappa shape index (κ3) is 1.87. The summed E-state index contributed by atoms with van der Waals surface area (Å²) in [5.74, 6) is 0. The lowest BCUT2D eigenvalue weighted by atomic mass is 9.96. The normalized spacial score (nSPS) is 40.6. The van der Waals surface area contributed by atoms with Crippen LogP contribution in [0.15, 0.2) is 0 Å². The molecule has 0 spiro atoms. The van der Waals surface area contributed by atoms with Crippen LogP contribution >= 0.6 is 0 Å². The molecule has 3 unspecified atom stereocenters. The Kier molecular flexibility index (Phi) is 2.86. The number of nitrogens with one attached hydrogen (secondary N) is 1. The molecule has 2 aliphatic rings. The molecule has 0 aromatic carbocycles. The first-order valence-electron chi connectivity index (χ1n) is 5.46. The Bertz CT molecular complexity index is 174. The second kappa shape index (κ2) is 3.95. The minimum atomic E-state index is -0.0969. The smallest absolute Gasteiger partial charge is 0.0710 e. The average molecular weight is 184 g/mol. The molecule has 3 nitrogen and oxygen atoms in total. The maximum Gasteiger partial charge on any atom is 0.0710 e. The molecule has 13 heavy (non-hydrogen) atoms. The highest BCUT2D eigenvalue weighted by Gasteiger charge is 2.37. The highest BCUT2D eigenvalue weighted by atomic mass is 16.3. The number of hydrogen-bond donors (Lipinski definition) is 2. The predicted octanol–water partition coefficient (Wildman–Crippen LogP) is 0.194. The number of piperidine rings is 1. The lowest BCUT2D eigenvalue weighted by molar-refractivity contribution is 0.0184. The van der Waals surface area contributed by atoms with E-state index in [2.05, 4.69) is 17.1 Å². The van der Waals surface area contributed by atoms with Crippen molar-refractivity contribution in [1.82, 2.24) is 10.2 Å². The van der Waals surface area contributed by atoms with Crippen molar-refractivity contribution >= 4 is 0 Å². The molecule has 2 rings (SSSR count). The van der Waals surface area contributed by atoms with E-state index in [9.17, 15) is 5.11 Å². The summed E-state index contributed by atoms with van der Waals surface area (Å²) in [4.78, 5) is 2.45. The number of fused-ring (bicyclic) bond motifs is 1. The summed E-state index contributed by atoms with van der Waals surface area (Å²) < 4.78 is 0. The fraction of sp³-hybridized carbons (Fsp3) is 1.00. The molecule has 2 saturated heterocycles. The zero-order valence-corrected chi connectivity index (χ0v) is 8.37. The lowest BCUT2D eigenvalue weighted by Crippen LogP contribution is -2.54. The van der Waals surface area contributed by atoms with Gasteiger partial charge < -0.3 is 10.4 Å². The fourth-order valence-electron chi connectivity index (χ4n) is 2.76. The number of nitrogens with zero attached hydrogens (tertiary/aromatic N) is 1. The third-order valence-electron chi connectivity index (χ3n) is 3.33. The van der Waals surface area contributed by atoms with Gasteiger partial charge in [0.2, 0.25) is 0 Å². The van der Waals surface area contributed by atoms with Crippen molar-refractivity contribution in [2.45, 2.75) is 44.4 Å². The minimum absolute atomic E-state index is 0.0969. The lowest BCUT2D eigenvalue weighted by Gasteiger charge is -2.38. The Morgan fingerprint density at radius 2 is 2.38 bits per heavy atom. The van der Waals surface area contributed by atoms with Gasteiger partial charge in [0.25, 0.3) is 0 Å². The predicted molar refractivity (Wildman–Crippen MR) is 52.7 cm³/mol. The molecule has 0 aromatic rings. The second-order valence-electron chi connectivity index (χ2n) is 4.26. The quantitative estimate of drug-likeness (QED) is 0.643. The van der Waals surface area contributed by atoms with Crippen molar-refractivity contribution in [2.24, 2.45) is 0 Å². The Labute approximate surface area is 80.1 Å². The maximum absolute atomic E-state index is 9.89. The Morgan fingerprint density at radius 3 is 3.15 bits per heavy atom. The van der Waals surface area contributed by atoms with E-state index in [1.165, 1.54) is 19.4 Å². The summed E-state index contributed by atoms with van der Waals surface area (Å²) in [6, 6.07) is 0.976. The van der Waals surface area contributed by atoms with Gasteiger partial charge in [-0.3, -0.25) is 4.90 Å². The minimum Gasteiger partial charge on any atom is -0.391 e. The Morgan fingerprint density at radius 1 is 1.54 bits per heavy atom. The standard InChI is InChI=1S/C10H20N2O/c1-2-11-8-6-10(13)9-4-3-5-12(9)7-8/h8-11,13H,2-7H2,1H3. The van der Waals surface area contributed by atoms with Crippen LogP contribution in [0.1, 0.15) is 26.2 Å². The van der Waals surface area contributed by atoms with Crippen LogP contribution < -0.4 is 5.32 Å². The Hall–Kier alpha value is -0.120. The number of likely N-dealkylation sites (N-methyl/N-ethyl adjacent to an activating group) is 1. The van der Waals surface area contributed by atoms with Crippen molar-refractivity contribution in [3.8, 4) is 0 Å². The molecule has 2 fully saturated rings. The first kappa shape index (κ1) is 9.44. The van der Waals surface area contributed by atoms with Gasteiger partial charge in [0.15, 0.2) is 0 Å². The van der Waals surface area contributed by atoms with E-state index in [1.54, 1.807) is 0 Å². The monoisotopic (exact) mass is 184 g/mol. The van der Waals surface area contributed by atoms with Crippen LogP contribution in [0.25, 0.3) is 0 Å². The topological polar surface area (TPSA) is 35.5 Å². The molecule has 3 atom stereocenters. The van der Waals surface area contributed by atoms with Crippen LogP contribution in [0, 0.1) is 0 Å². The van der Waals surface area contributed by atoms with Crippen LogP contribution in [0.5, 0.6) is 0 Å². The Balaban J connectivity index is 1.93. The largest absolute Gasteiger partial charge is 0.391 e. The van der Waals surface area contributed by atoms with Crippen molar-refractivity contribution in [2.75, 3.05) is 19.6 Å². The molecular formula is C10H20N2O. The second-order valence-corrected chi connectivity index (χ2v) is 4.26. The number of rotatable bonds is 2. The molecule has 0 aliphatic carbocycles. The van der Waals surface area contributed by atoms with E-state index in [-0.39, 0.29) is 6.10 Å². The van der Waals surface area contributed by atoms with E-state index in [0.29, 0.717) is 12.1 Å². The summed E-state index contributed by atoms with van der Waals surface area (Å²) in [7, 11) is 0. The van der Waals surface area contributed by atoms with Gasteiger partial charge in [-0.05, 0) is 32.4 Å². The zero-order valence-electron chi connectivity index (χ0n) is 8.37. The molecule has 76 valence electrons. The molecule has 3 heteroatoms. The maximum atomic E-state index is 9.89. The van der Waals surface area contributed by atoms with Crippen LogP contribution in [-0.2, 0) is 0 Å². The van der Waals surface area contributed by atoms with Gasteiger partial charge in [0, 0.05) is 18.6 Å². The van der Waals surface area contributed by atoms with E-state index in [4.69, 9.17) is 0 Å². The van der Waals surface area contributed by atoms with Crippen molar-refractivity contribution in [3.05, 3.63) is 0 Å². The summed E-state index contributed by atoms with van der Waals surface area (Å²) in [5, 5.41) is 13.3. The highest BCUT2D eigenvalue weighted by molar-refractivity contribution is 4.94. The molecule has 0 aromatic heterocycles. The van der Waals surface area contributed by atoms with Crippen molar-refractivity contribution in [3.63, 3.8) is 0 Å². The molecule has 0 saturated carbocycles. The van der Waals surface area contributed by atoms with Crippen LogP contribution in [0.3, 0.4) is 0 Å². The zero-order chi connectivity index (χ0) is 9.26. The van der Waals surface area contributed by atoms with E-state index in [0.717, 1.165) is 19.5 Å². The molecule has 0 radical (unpaired) electrons. The van der Waals surface area contributed by atoms with Gasteiger partial charge >= 0.3 is 0 Å². The third-order valence-corrected chi connectivity index (χ3v) is 3.33. The summed E-state index contributed by atoms with van der Waals surface area (Å²) in [5.41, 5.74) is 0. The van der Waals surface area contributed by atoms with Crippen molar-refractivity contribution < 1.29 is 5.11 Å². The first-order chi connectivity index (χ1) is 6.31. The van der Waals surface area contributed by atoms with E-state index in [1.807, 2.05) is 0 Å². The van der Waals surface area contributed by atoms with Crippen LogP contribution in [0.2, 0.25) is 0 Å². The van der Waals surface area contributed by atoms with Crippen LogP contribution in [0.4, 0.5) is 0 Å². The number of aliphatic hydroxyl groups is 1. The fourth-order valence-corrected chi connectivity index (χ4v) is 2.76. The van der Waals surface area contributed by atoms with Crippen molar-refractivity contribution in [1.29, 1.82) is 0 Å². The molecule has 2 N–H and O–H groups in total. The van der Waals surface area contributed by atoms with Gasteiger partial charge in [-0.15, -0.1) is 0 Å². The first-order valence-corrected chi connectivity index (χ1v) is 5.46. The van der Waals surface area contributed by atoms with Gasteiger partial charge in [0.05, 0.1) is 6.10 Å². The summed E-state index contributed by atoms with van der Waals surface area (Å²) >= 11 is 0. The summed E-state index contributed by atoms with van der Waals surface area (Å²) in [6.07, 6.45) is 3.30. The van der Waals surface area contributed by atoms with Gasteiger partial charge in [0.1, 0.15) is 0 Å². The molecular weight excluding hydrogens is 164 g/mol. The molecule has 0 bridgehead atoms. The molecule has 2 aliphatic heterocycles. The van der Waals surface area contributed by atoms with E-state index < -0.39 is 0 Å². The average Bonchev–Trinajstić information content (AvgIpc) is 2.53. The molecule has 2 heterocycles. The SMILES string of the molecule is CCNC1CC(O)C2CCCN2C1. The summed E-state index contributed by atoms with van der Waals surface area (Å²) in [6.45, 7) is 5.46. The van der Waals surface area contributed by atoms with Crippen LogP contribution in [-0.4, -0.2) is 47.8 Å². The number of aliphatic hydroxyl groups excluding tert-OH is 1. The number of hydrogen-bond acceptors (Lipinski definition) is 3. The molecule has 0 amide bonds. The highest BCUT2D eigenvalue weighted by Crippen LogP contribution is 2.27. The van der Waals surface area contributed by atoms with Gasteiger partial charge in [-0.25, -0.2) is 0 Å². The van der Waals surface area contributed by atoms with Gasteiger partial charge in [-0.1, -0.05) is 6.92 Å². The van der Waals surface area contributed by atoms with Gasteiger partial charge in [-0.2, -0.15) is 0 Å².